The lowest BCUT2D eigenvalue weighted by molar-refractivity contribution is -0.114. The van der Waals surface area contributed by atoms with Gasteiger partial charge in [0.05, 0.1) is 6.61 Å². The zero-order chi connectivity index (χ0) is 21.5. The van der Waals surface area contributed by atoms with Crippen molar-refractivity contribution in [2.45, 2.75) is 39.0 Å². The third-order valence-corrected chi connectivity index (χ3v) is 5.51. The predicted molar refractivity (Wildman–Crippen MR) is 125 cm³/mol. The highest BCUT2D eigenvalue weighted by atomic mass is 16.5. The largest absolute Gasteiger partial charge is 0.493 e. The summed E-state index contributed by atoms with van der Waals surface area (Å²) in [6.45, 7) is 2.61. The number of aryl methyl sites for hydroxylation is 1. The normalized spacial score (nSPS) is 13.4. The van der Waals surface area contributed by atoms with Crippen LogP contribution in [-0.4, -0.2) is 17.5 Å². The van der Waals surface area contributed by atoms with Crippen LogP contribution >= 0.6 is 0 Å². The minimum absolute atomic E-state index is 0.0624. The number of aromatic nitrogens is 1. The molecule has 1 aromatic heterocycles. The maximum Gasteiger partial charge on any atom is 0.258 e. The van der Waals surface area contributed by atoms with Gasteiger partial charge >= 0.3 is 0 Å². The van der Waals surface area contributed by atoms with Crippen LogP contribution in [0.25, 0.3) is 0 Å². The number of allylic oxidation sites excluding steroid dienone is 1. The van der Waals surface area contributed by atoms with E-state index in [4.69, 9.17) is 4.74 Å². The van der Waals surface area contributed by atoms with Crippen molar-refractivity contribution in [2.24, 2.45) is 0 Å². The van der Waals surface area contributed by atoms with E-state index >= 15 is 0 Å². The zero-order valence-corrected chi connectivity index (χ0v) is 18.0. The molecule has 0 bridgehead atoms. The topological polar surface area (TPSA) is 42.4 Å². The molecule has 1 amide bonds. The van der Waals surface area contributed by atoms with Crippen molar-refractivity contribution in [1.29, 1.82) is 0 Å². The molecule has 1 aliphatic carbocycles. The maximum absolute atomic E-state index is 13.4. The van der Waals surface area contributed by atoms with Crippen molar-refractivity contribution in [1.82, 2.24) is 4.98 Å². The Balaban J connectivity index is 1.51. The molecule has 0 atom stereocenters. The van der Waals surface area contributed by atoms with Crippen LogP contribution < -0.4 is 9.64 Å². The van der Waals surface area contributed by atoms with Gasteiger partial charge in [0.25, 0.3) is 5.91 Å². The summed E-state index contributed by atoms with van der Waals surface area (Å²) in [7, 11) is 0. The summed E-state index contributed by atoms with van der Waals surface area (Å²) >= 11 is 0. The zero-order valence-electron chi connectivity index (χ0n) is 18.0. The van der Waals surface area contributed by atoms with Crippen molar-refractivity contribution >= 4 is 17.3 Å². The third kappa shape index (κ3) is 5.40. The van der Waals surface area contributed by atoms with E-state index in [0.29, 0.717) is 6.61 Å². The van der Waals surface area contributed by atoms with Crippen LogP contribution in [0, 0.1) is 6.92 Å². The van der Waals surface area contributed by atoms with Crippen molar-refractivity contribution in [3.05, 3.63) is 95.8 Å². The number of pyridine rings is 1. The van der Waals surface area contributed by atoms with Gasteiger partial charge in [-0.3, -0.25) is 14.7 Å². The van der Waals surface area contributed by atoms with Gasteiger partial charge in [-0.15, -0.1) is 0 Å². The molecule has 0 unspecified atom stereocenters. The number of carbonyl (C=O) groups excluding carboxylic acids is 1. The molecule has 4 rings (SSSR count). The maximum atomic E-state index is 13.4. The number of benzene rings is 2. The van der Waals surface area contributed by atoms with Gasteiger partial charge in [0, 0.05) is 35.3 Å². The molecule has 0 saturated heterocycles. The lowest BCUT2D eigenvalue weighted by atomic mass is 9.98. The summed E-state index contributed by atoms with van der Waals surface area (Å²) in [5.41, 5.74) is 4.81. The Kier molecular flexibility index (Phi) is 6.78. The molecule has 1 aliphatic rings. The van der Waals surface area contributed by atoms with Crippen LogP contribution in [0.2, 0.25) is 0 Å². The smallest absolute Gasteiger partial charge is 0.258 e. The summed E-state index contributed by atoms with van der Waals surface area (Å²) in [6, 6.07) is 21.8. The highest BCUT2D eigenvalue weighted by molar-refractivity contribution is 6.10. The molecule has 4 heteroatoms. The van der Waals surface area contributed by atoms with Crippen LogP contribution in [0.4, 0.5) is 11.4 Å². The Morgan fingerprint density at radius 2 is 1.71 bits per heavy atom. The van der Waals surface area contributed by atoms with E-state index in [9.17, 15) is 4.79 Å². The van der Waals surface area contributed by atoms with Crippen molar-refractivity contribution in [3.63, 3.8) is 0 Å². The van der Waals surface area contributed by atoms with Gasteiger partial charge < -0.3 is 4.74 Å². The molecule has 0 radical (unpaired) electrons. The lowest BCUT2D eigenvalue weighted by Crippen LogP contribution is -2.28. The van der Waals surface area contributed by atoms with Gasteiger partial charge in [-0.25, -0.2) is 0 Å². The van der Waals surface area contributed by atoms with Gasteiger partial charge in [-0.1, -0.05) is 29.8 Å². The molecular formula is C27H28N2O2. The Morgan fingerprint density at radius 3 is 2.35 bits per heavy atom. The first-order valence-corrected chi connectivity index (χ1v) is 10.9. The predicted octanol–water partition coefficient (Wildman–Crippen LogP) is 6.18. The van der Waals surface area contributed by atoms with Crippen molar-refractivity contribution < 1.29 is 9.53 Å². The standard InChI is InChI=1S/C27H28N2O2/c1-21-10-12-24(13-11-21)29(27(30)22-7-3-2-4-8-22)25-14-16-26(17-15-25)31-20-18-23-9-5-6-19-28-23/h5-7,9-17,19H,2-4,8,18,20H2,1H3. The average Bonchev–Trinajstić information content (AvgIpc) is 2.83. The number of amides is 1. The number of ether oxygens (including phenoxy) is 1. The van der Waals surface area contributed by atoms with Crippen LogP contribution in [-0.2, 0) is 11.2 Å². The molecule has 3 aromatic rings. The molecule has 158 valence electrons. The van der Waals surface area contributed by atoms with Crippen LogP contribution in [0.3, 0.4) is 0 Å². The SMILES string of the molecule is Cc1ccc(N(C(=O)C2=CCCCC2)c2ccc(OCCc3ccccn3)cc2)cc1. The van der Waals surface area contributed by atoms with E-state index in [-0.39, 0.29) is 5.91 Å². The number of carbonyl (C=O) groups is 1. The molecular weight excluding hydrogens is 384 g/mol. The van der Waals surface area contributed by atoms with E-state index in [1.807, 2.05) is 71.6 Å². The summed E-state index contributed by atoms with van der Waals surface area (Å²) in [5.74, 6) is 0.847. The Hall–Kier alpha value is -3.40. The van der Waals surface area contributed by atoms with Gasteiger partial charge in [0.2, 0.25) is 0 Å². The van der Waals surface area contributed by atoms with Gasteiger partial charge in [-0.05, 0) is 81.1 Å². The quantitative estimate of drug-likeness (QED) is 0.465. The fourth-order valence-corrected chi connectivity index (χ4v) is 3.76. The van der Waals surface area contributed by atoms with E-state index < -0.39 is 0 Å². The molecule has 1 heterocycles. The molecule has 0 N–H and O–H groups in total. The molecule has 4 nitrogen and oxygen atoms in total. The van der Waals surface area contributed by atoms with E-state index in [0.717, 1.165) is 60.5 Å². The Bertz CT molecular complexity index is 1030. The molecule has 0 aliphatic heterocycles. The molecule has 0 spiro atoms. The fraction of sp³-hybridized carbons (Fsp3) is 0.259. The number of hydrogen-bond donors (Lipinski definition) is 0. The Labute approximate surface area is 184 Å². The van der Waals surface area contributed by atoms with Crippen LogP contribution in [0.5, 0.6) is 5.75 Å². The summed E-state index contributed by atoms with van der Waals surface area (Å²) in [5, 5.41) is 0. The number of rotatable bonds is 7. The first-order chi connectivity index (χ1) is 15.2. The summed E-state index contributed by atoms with van der Waals surface area (Å²) < 4.78 is 5.89. The van der Waals surface area contributed by atoms with Gasteiger partial charge in [0.15, 0.2) is 0 Å². The monoisotopic (exact) mass is 412 g/mol. The Morgan fingerprint density at radius 1 is 0.968 bits per heavy atom. The van der Waals surface area contributed by atoms with Crippen molar-refractivity contribution in [2.75, 3.05) is 11.5 Å². The number of hydrogen-bond acceptors (Lipinski definition) is 3. The molecule has 0 saturated carbocycles. The second-order valence-corrected chi connectivity index (χ2v) is 7.86. The van der Waals surface area contributed by atoms with Crippen LogP contribution in [0.15, 0.2) is 84.6 Å². The van der Waals surface area contributed by atoms with E-state index in [1.165, 1.54) is 5.56 Å². The van der Waals surface area contributed by atoms with Gasteiger partial charge in [-0.2, -0.15) is 0 Å². The molecule has 2 aromatic carbocycles. The minimum atomic E-state index is 0.0624. The van der Waals surface area contributed by atoms with Gasteiger partial charge in [0.1, 0.15) is 5.75 Å². The summed E-state index contributed by atoms with van der Waals surface area (Å²) in [4.78, 5) is 19.6. The average molecular weight is 413 g/mol. The fourth-order valence-electron chi connectivity index (χ4n) is 3.76. The van der Waals surface area contributed by atoms with Crippen molar-refractivity contribution in [3.8, 4) is 5.75 Å². The lowest BCUT2D eigenvalue weighted by Gasteiger charge is -2.26. The first kappa shape index (κ1) is 20.9. The van der Waals surface area contributed by atoms with E-state index in [2.05, 4.69) is 18.0 Å². The number of anilines is 2. The number of nitrogens with zero attached hydrogens (tertiary/aromatic N) is 2. The summed E-state index contributed by atoms with van der Waals surface area (Å²) in [6.07, 6.45) is 8.70. The minimum Gasteiger partial charge on any atom is -0.493 e. The second-order valence-electron chi connectivity index (χ2n) is 7.86. The molecule has 31 heavy (non-hydrogen) atoms. The highest BCUT2D eigenvalue weighted by Gasteiger charge is 2.22. The van der Waals surface area contributed by atoms with E-state index in [1.54, 1.807) is 6.20 Å². The molecule has 0 fully saturated rings. The first-order valence-electron chi connectivity index (χ1n) is 10.9. The third-order valence-electron chi connectivity index (χ3n) is 5.51. The van der Waals surface area contributed by atoms with Crippen LogP contribution in [0.1, 0.15) is 36.9 Å². The second kappa shape index (κ2) is 10.1. The highest BCUT2D eigenvalue weighted by Crippen LogP contribution is 2.31.